The zero-order valence-electron chi connectivity index (χ0n) is 18.5. The number of likely N-dealkylation sites (tertiary alicyclic amines) is 1. The minimum Gasteiger partial charge on any atom is -0.485 e. The number of hydrogen-bond donors (Lipinski definition) is 2. The molecule has 0 bridgehead atoms. The summed E-state index contributed by atoms with van der Waals surface area (Å²) in [5.74, 6) is 1.48. The SMILES string of the molecule is Cc1nc(COc2ccc(C(=O)NC3CCN(C(=O)NC4CCCCC4)CC3)cc2)no1. The van der Waals surface area contributed by atoms with Crippen molar-refractivity contribution < 1.29 is 18.8 Å². The minimum atomic E-state index is -0.115. The Morgan fingerprint density at radius 3 is 2.38 bits per heavy atom. The molecule has 1 aliphatic heterocycles. The van der Waals surface area contributed by atoms with E-state index < -0.39 is 0 Å². The van der Waals surface area contributed by atoms with E-state index >= 15 is 0 Å². The average Bonchev–Trinajstić information content (AvgIpc) is 3.24. The van der Waals surface area contributed by atoms with Crippen LogP contribution in [-0.2, 0) is 6.61 Å². The third-order valence-corrected chi connectivity index (χ3v) is 6.10. The Hall–Kier alpha value is -3.10. The number of ether oxygens (including phenoxy) is 1. The fourth-order valence-electron chi connectivity index (χ4n) is 4.26. The van der Waals surface area contributed by atoms with E-state index in [1.165, 1.54) is 19.3 Å². The number of carbonyl (C=O) groups excluding carboxylic acids is 2. The van der Waals surface area contributed by atoms with Crippen molar-refractivity contribution in [3.8, 4) is 5.75 Å². The molecule has 1 saturated heterocycles. The molecule has 2 aromatic rings. The summed E-state index contributed by atoms with van der Waals surface area (Å²) in [7, 11) is 0. The predicted octanol–water partition coefficient (Wildman–Crippen LogP) is 3.19. The maximum atomic E-state index is 12.6. The van der Waals surface area contributed by atoms with Crippen LogP contribution in [0, 0.1) is 6.92 Å². The van der Waals surface area contributed by atoms with Crippen molar-refractivity contribution in [2.24, 2.45) is 0 Å². The van der Waals surface area contributed by atoms with Gasteiger partial charge in [-0.3, -0.25) is 4.79 Å². The highest BCUT2D eigenvalue weighted by atomic mass is 16.5. The number of amides is 3. The van der Waals surface area contributed by atoms with E-state index in [9.17, 15) is 9.59 Å². The molecule has 9 heteroatoms. The van der Waals surface area contributed by atoms with Crippen molar-refractivity contribution in [1.82, 2.24) is 25.7 Å². The maximum absolute atomic E-state index is 12.6. The highest BCUT2D eigenvalue weighted by molar-refractivity contribution is 5.94. The van der Waals surface area contributed by atoms with Gasteiger partial charge in [-0.2, -0.15) is 4.98 Å². The molecule has 0 atom stereocenters. The van der Waals surface area contributed by atoms with Crippen molar-refractivity contribution in [3.63, 3.8) is 0 Å². The van der Waals surface area contributed by atoms with Gasteiger partial charge in [-0.1, -0.05) is 24.4 Å². The van der Waals surface area contributed by atoms with Crippen LogP contribution in [-0.4, -0.2) is 52.2 Å². The monoisotopic (exact) mass is 441 g/mol. The lowest BCUT2D eigenvalue weighted by atomic mass is 9.95. The molecule has 172 valence electrons. The molecule has 1 aromatic carbocycles. The first-order chi connectivity index (χ1) is 15.6. The number of aryl methyl sites for hydroxylation is 1. The number of nitrogens with zero attached hydrogens (tertiary/aromatic N) is 3. The number of benzene rings is 1. The van der Waals surface area contributed by atoms with Gasteiger partial charge in [0, 0.05) is 37.7 Å². The largest absolute Gasteiger partial charge is 0.485 e. The Labute approximate surface area is 187 Å². The van der Waals surface area contributed by atoms with Crippen LogP contribution in [0.2, 0.25) is 0 Å². The normalized spacial score (nSPS) is 17.7. The van der Waals surface area contributed by atoms with E-state index in [1.807, 2.05) is 4.90 Å². The summed E-state index contributed by atoms with van der Waals surface area (Å²) in [4.78, 5) is 31.1. The molecule has 2 heterocycles. The molecule has 1 aromatic heterocycles. The van der Waals surface area contributed by atoms with Gasteiger partial charge in [-0.05, 0) is 49.9 Å². The molecule has 0 radical (unpaired) electrons. The Morgan fingerprint density at radius 1 is 1.03 bits per heavy atom. The van der Waals surface area contributed by atoms with E-state index in [0.29, 0.717) is 42.2 Å². The zero-order valence-corrected chi connectivity index (χ0v) is 18.5. The van der Waals surface area contributed by atoms with Crippen LogP contribution in [0.3, 0.4) is 0 Å². The topological polar surface area (TPSA) is 110 Å². The molecule has 9 nitrogen and oxygen atoms in total. The molecular formula is C23H31N5O4. The van der Waals surface area contributed by atoms with Gasteiger partial charge in [0.2, 0.25) is 11.7 Å². The number of nitrogens with one attached hydrogen (secondary N) is 2. The molecule has 2 fully saturated rings. The van der Waals surface area contributed by atoms with Crippen LogP contribution in [0.1, 0.15) is 67.0 Å². The van der Waals surface area contributed by atoms with E-state index in [-0.39, 0.29) is 24.6 Å². The number of aromatic nitrogens is 2. The summed E-state index contributed by atoms with van der Waals surface area (Å²) in [5, 5.41) is 10.0. The Bertz CT molecular complexity index is 899. The molecule has 3 amide bonds. The van der Waals surface area contributed by atoms with E-state index in [2.05, 4.69) is 20.8 Å². The highest BCUT2D eigenvalue weighted by Crippen LogP contribution is 2.19. The summed E-state index contributed by atoms with van der Waals surface area (Å²) in [6.07, 6.45) is 7.35. The van der Waals surface area contributed by atoms with E-state index in [0.717, 1.165) is 25.7 Å². The minimum absolute atomic E-state index is 0.0354. The molecule has 2 aliphatic rings. The third kappa shape index (κ3) is 5.99. The second-order valence-corrected chi connectivity index (χ2v) is 8.56. The van der Waals surface area contributed by atoms with E-state index in [1.54, 1.807) is 31.2 Å². The van der Waals surface area contributed by atoms with Gasteiger partial charge in [0.25, 0.3) is 5.91 Å². The molecule has 1 aliphatic carbocycles. The molecule has 0 unspecified atom stereocenters. The van der Waals surface area contributed by atoms with Crippen molar-refractivity contribution in [1.29, 1.82) is 0 Å². The Balaban J connectivity index is 1.19. The highest BCUT2D eigenvalue weighted by Gasteiger charge is 2.26. The molecule has 32 heavy (non-hydrogen) atoms. The summed E-state index contributed by atoms with van der Waals surface area (Å²) < 4.78 is 10.5. The summed E-state index contributed by atoms with van der Waals surface area (Å²) in [6, 6.07) is 7.39. The maximum Gasteiger partial charge on any atom is 0.317 e. The fourth-order valence-corrected chi connectivity index (χ4v) is 4.26. The fraction of sp³-hybridized carbons (Fsp3) is 0.565. The Kier molecular flexibility index (Phi) is 7.24. The van der Waals surface area contributed by atoms with Crippen molar-refractivity contribution >= 4 is 11.9 Å². The van der Waals surface area contributed by atoms with Gasteiger partial charge in [-0.25, -0.2) is 4.79 Å². The van der Waals surface area contributed by atoms with Crippen molar-refractivity contribution in [2.45, 2.75) is 70.6 Å². The number of rotatable bonds is 6. The molecule has 0 spiro atoms. The Morgan fingerprint density at radius 2 is 1.72 bits per heavy atom. The van der Waals surface area contributed by atoms with Gasteiger partial charge in [0.1, 0.15) is 5.75 Å². The smallest absolute Gasteiger partial charge is 0.317 e. The van der Waals surface area contributed by atoms with Crippen LogP contribution >= 0.6 is 0 Å². The van der Waals surface area contributed by atoms with Crippen LogP contribution in [0.5, 0.6) is 5.75 Å². The van der Waals surface area contributed by atoms with Crippen LogP contribution in [0.25, 0.3) is 0 Å². The number of urea groups is 1. The lowest BCUT2D eigenvalue weighted by Crippen LogP contribution is -2.51. The van der Waals surface area contributed by atoms with E-state index in [4.69, 9.17) is 9.26 Å². The first-order valence-electron chi connectivity index (χ1n) is 11.4. The van der Waals surface area contributed by atoms with Crippen LogP contribution in [0.15, 0.2) is 28.8 Å². The van der Waals surface area contributed by atoms with Gasteiger partial charge in [0.05, 0.1) is 0 Å². The summed E-state index contributed by atoms with van der Waals surface area (Å²) in [6.45, 7) is 3.24. The first kappa shape index (κ1) is 22.1. The number of hydrogen-bond acceptors (Lipinski definition) is 6. The standard InChI is InChI=1S/C23H31N5O4/c1-16-24-21(27-32-16)15-31-20-9-7-17(8-10-20)22(29)25-19-11-13-28(14-12-19)23(30)26-18-5-3-2-4-6-18/h7-10,18-19H,2-6,11-15H2,1H3,(H,25,29)(H,26,30). The number of piperidine rings is 1. The lowest BCUT2D eigenvalue weighted by molar-refractivity contribution is 0.0917. The molecule has 4 rings (SSSR count). The second kappa shape index (κ2) is 10.5. The van der Waals surface area contributed by atoms with Gasteiger partial charge in [-0.15, -0.1) is 0 Å². The van der Waals surface area contributed by atoms with Gasteiger partial charge >= 0.3 is 6.03 Å². The third-order valence-electron chi connectivity index (χ3n) is 6.10. The quantitative estimate of drug-likeness (QED) is 0.712. The molecule has 1 saturated carbocycles. The zero-order chi connectivity index (χ0) is 22.3. The molecular weight excluding hydrogens is 410 g/mol. The van der Waals surface area contributed by atoms with Gasteiger partial charge < -0.3 is 24.8 Å². The number of carbonyl (C=O) groups is 2. The summed E-state index contributed by atoms with van der Waals surface area (Å²) >= 11 is 0. The summed E-state index contributed by atoms with van der Waals surface area (Å²) in [5.41, 5.74) is 0.574. The second-order valence-electron chi connectivity index (χ2n) is 8.56. The van der Waals surface area contributed by atoms with Crippen LogP contribution < -0.4 is 15.4 Å². The van der Waals surface area contributed by atoms with Gasteiger partial charge in [0.15, 0.2) is 6.61 Å². The van der Waals surface area contributed by atoms with Crippen LogP contribution in [0.4, 0.5) is 4.79 Å². The van der Waals surface area contributed by atoms with Crippen molar-refractivity contribution in [3.05, 3.63) is 41.5 Å². The average molecular weight is 442 g/mol. The predicted molar refractivity (Wildman–Crippen MR) is 117 cm³/mol. The molecule has 2 N–H and O–H groups in total. The van der Waals surface area contributed by atoms with Crippen molar-refractivity contribution in [2.75, 3.05) is 13.1 Å². The first-order valence-corrected chi connectivity index (χ1v) is 11.4. The lowest BCUT2D eigenvalue weighted by Gasteiger charge is -2.34.